The van der Waals surface area contributed by atoms with Crippen molar-refractivity contribution in [2.45, 2.75) is 12.6 Å². The molecule has 0 spiro atoms. The molecule has 1 amide bonds. The van der Waals surface area contributed by atoms with Crippen LogP contribution in [0.3, 0.4) is 0 Å². The molecule has 7 nitrogen and oxygen atoms in total. The number of primary amides is 1. The average molecular weight is 337 g/mol. The summed E-state index contributed by atoms with van der Waals surface area (Å²) in [5.41, 5.74) is 12.5. The first-order chi connectivity index (χ1) is 12.1. The Hall–Kier alpha value is -3.03. The van der Waals surface area contributed by atoms with E-state index in [0.717, 1.165) is 5.56 Å². The van der Waals surface area contributed by atoms with E-state index in [0.29, 0.717) is 29.8 Å². The van der Waals surface area contributed by atoms with Gasteiger partial charge >= 0.3 is 0 Å². The summed E-state index contributed by atoms with van der Waals surface area (Å²) in [4.78, 5) is 31.0. The Balaban J connectivity index is 1.90. The monoisotopic (exact) mass is 337 g/mol. The number of para-hydroxylation sites is 1. The average Bonchev–Trinajstić information content (AvgIpc) is 2.62. The second-order valence-electron chi connectivity index (χ2n) is 5.66. The van der Waals surface area contributed by atoms with Crippen molar-refractivity contribution < 1.29 is 4.79 Å². The molecule has 0 bridgehead atoms. The van der Waals surface area contributed by atoms with Crippen LogP contribution in [0, 0.1) is 0 Å². The van der Waals surface area contributed by atoms with E-state index >= 15 is 0 Å². The SMILES string of the molecule is NCC(NCc1nc2c(C(N)=O)cccc2c(=O)[nH]1)c1ccccc1. The van der Waals surface area contributed by atoms with Crippen LogP contribution in [0.15, 0.2) is 53.3 Å². The fourth-order valence-corrected chi connectivity index (χ4v) is 2.73. The maximum Gasteiger partial charge on any atom is 0.258 e. The molecule has 0 fully saturated rings. The number of aromatic nitrogens is 2. The highest BCUT2D eigenvalue weighted by atomic mass is 16.1. The van der Waals surface area contributed by atoms with Gasteiger partial charge in [-0.2, -0.15) is 0 Å². The first-order valence-corrected chi connectivity index (χ1v) is 7.90. The minimum Gasteiger partial charge on any atom is -0.366 e. The topological polar surface area (TPSA) is 127 Å². The van der Waals surface area contributed by atoms with Crippen LogP contribution >= 0.6 is 0 Å². The Labute approximate surface area is 144 Å². The lowest BCUT2D eigenvalue weighted by molar-refractivity contribution is 0.100. The highest BCUT2D eigenvalue weighted by Crippen LogP contribution is 2.14. The number of benzene rings is 2. The molecular weight excluding hydrogens is 318 g/mol. The van der Waals surface area contributed by atoms with E-state index in [2.05, 4.69) is 15.3 Å². The van der Waals surface area contributed by atoms with Crippen LogP contribution in [0.1, 0.15) is 27.8 Å². The highest BCUT2D eigenvalue weighted by Gasteiger charge is 2.13. The van der Waals surface area contributed by atoms with Gasteiger partial charge in [0.15, 0.2) is 0 Å². The Morgan fingerprint density at radius 2 is 1.92 bits per heavy atom. The number of hydrogen-bond acceptors (Lipinski definition) is 5. The Morgan fingerprint density at radius 3 is 2.60 bits per heavy atom. The molecule has 3 rings (SSSR count). The molecule has 0 aliphatic heterocycles. The third-order valence-electron chi connectivity index (χ3n) is 4.00. The molecule has 0 saturated heterocycles. The molecule has 0 aliphatic carbocycles. The molecule has 2 aromatic carbocycles. The number of nitrogens with zero attached hydrogens (tertiary/aromatic N) is 1. The lowest BCUT2D eigenvalue weighted by Crippen LogP contribution is -2.29. The van der Waals surface area contributed by atoms with Crippen LogP contribution in [0.2, 0.25) is 0 Å². The molecule has 1 atom stereocenters. The van der Waals surface area contributed by atoms with Gasteiger partial charge in [0, 0.05) is 12.6 Å². The van der Waals surface area contributed by atoms with Gasteiger partial charge in [0.25, 0.3) is 11.5 Å². The van der Waals surface area contributed by atoms with Crippen molar-refractivity contribution in [1.82, 2.24) is 15.3 Å². The van der Waals surface area contributed by atoms with E-state index in [9.17, 15) is 9.59 Å². The molecule has 3 aromatic rings. The third kappa shape index (κ3) is 3.57. The van der Waals surface area contributed by atoms with Gasteiger partial charge in [-0.15, -0.1) is 0 Å². The molecule has 0 saturated carbocycles. The zero-order valence-corrected chi connectivity index (χ0v) is 13.5. The van der Waals surface area contributed by atoms with Gasteiger partial charge in [-0.3, -0.25) is 9.59 Å². The third-order valence-corrected chi connectivity index (χ3v) is 4.00. The molecule has 1 aromatic heterocycles. The van der Waals surface area contributed by atoms with E-state index in [1.54, 1.807) is 18.2 Å². The summed E-state index contributed by atoms with van der Waals surface area (Å²) < 4.78 is 0. The van der Waals surface area contributed by atoms with Crippen LogP contribution in [0.25, 0.3) is 10.9 Å². The van der Waals surface area contributed by atoms with Crippen LogP contribution < -0.4 is 22.3 Å². The van der Waals surface area contributed by atoms with E-state index < -0.39 is 5.91 Å². The Morgan fingerprint density at radius 1 is 1.16 bits per heavy atom. The summed E-state index contributed by atoms with van der Waals surface area (Å²) in [6.07, 6.45) is 0. The summed E-state index contributed by atoms with van der Waals surface area (Å²) in [6, 6.07) is 14.5. The van der Waals surface area contributed by atoms with Crippen molar-refractivity contribution in [3.8, 4) is 0 Å². The van der Waals surface area contributed by atoms with Gasteiger partial charge in [-0.1, -0.05) is 36.4 Å². The maximum atomic E-state index is 12.3. The van der Waals surface area contributed by atoms with E-state index in [-0.39, 0.29) is 17.2 Å². The number of fused-ring (bicyclic) bond motifs is 1. The molecule has 25 heavy (non-hydrogen) atoms. The number of carbonyl (C=O) groups is 1. The Bertz CT molecular complexity index is 953. The molecular formula is C18H19N5O2. The number of amides is 1. The number of rotatable bonds is 6. The van der Waals surface area contributed by atoms with Crippen LogP contribution in [0.5, 0.6) is 0 Å². The van der Waals surface area contributed by atoms with Crippen molar-refractivity contribution in [3.63, 3.8) is 0 Å². The summed E-state index contributed by atoms with van der Waals surface area (Å²) in [7, 11) is 0. The number of hydrogen-bond donors (Lipinski definition) is 4. The zero-order valence-electron chi connectivity index (χ0n) is 13.5. The number of carbonyl (C=O) groups excluding carboxylic acids is 1. The van der Waals surface area contributed by atoms with Gasteiger partial charge < -0.3 is 21.8 Å². The lowest BCUT2D eigenvalue weighted by Gasteiger charge is -2.17. The van der Waals surface area contributed by atoms with Crippen LogP contribution in [0.4, 0.5) is 0 Å². The fourth-order valence-electron chi connectivity index (χ4n) is 2.73. The largest absolute Gasteiger partial charge is 0.366 e. The van der Waals surface area contributed by atoms with Crippen molar-refractivity contribution >= 4 is 16.8 Å². The minimum absolute atomic E-state index is 0.0754. The smallest absolute Gasteiger partial charge is 0.258 e. The molecule has 128 valence electrons. The van der Waals surface area contributed by atoms with Crippen LogP contribution in [-0.2, 0) is 6.54 Å². The standard InChI is InChI=1S/C18H19N5O2/c19-9-14(11-5-2-1-3-6-11)21-10-15-22-16-12(17(20)24)7-4-8-13(16)18(25)23-15/h1-8,14,21H,9-10,19H2,(H2,20,24)(H,22,23,25). The number of H-pyrrole nitrogens is 1. The summed E-state index contributed by atoms with van der Waals surface area (Å²) >= 11 is 0. The second-order valence-corrected chi connectivity index (χ2v) is 5.66. The zero-order chi connectivity index (χ0) is 17.8. The fraction of sp³-hybridized carbons (Fsp3) is 0.167. The Kier molecular flexibility index (Phi) is 4.87. The number of aromatic amines is 1. The van der Waals surface area contributed by atoms with Crippen molar-refractivity contribution in [1.29, 1.82) is 0 Å². The normalized spacial score (nSPS) is 12.2. The number of nitrogens with one attached hydrogen (secondary N) is 2. The molecule has 1 unspecified atom stereocenters. The van der Waals surface area contributed by atoms with Gasteiger partial charge in [0.1, 0.15) is 5.82 Å². The summed E-state index contributed by atoms with van der Waals surface area (Å²) in [6.45, 7) is 0.698. The molecule has 6 N–H and O–H groups in total. The first kappa shape index (κ1) is 16.8. The molecule has 0 aliphatic rings. The van der Waals surface area contributed by atoms with Gasteiger partial charge in [-0.25, -0.2) is 4.98 Å². The minimum atomic E-state index is -0.619. The predicted molar refractivity (Wildman–Crippen MR) is 96.0 cm³/mol. The van der Waals surface area contributed by atoms with E-state index in [4.69, 9.17) is 11.5 Å². The quantitative estimate of drug-likeness (QED) is 0.529. The van der Waals surface area contributed by atoms with Gasteiger partial charge in [-0.05, 0) is 17.7 Å². The number of nitrogens with two attached hydrogens (primary N) is 2. The second kappa shape index (κ2) is 7.25. The van der Waals surface area contributed by atoms with Gasteiger partial charge in [0.2, 0.25) is 0 Å². The van der Waals surface area contributed by atoms with E-state index in [1.165, 1.54) is 0 Å². The summed E-state index contributed by atoms with van der Waals surface area (Å²) in [5, 5.41) is 3.60. The van der Waals surface area contributed by atoms with E-state index in [1.807, 2.05) is 30.3 Å². The summed E-state index contributed by atoms with van der Waals surface area (Å²) in [5.74, 6) is -0.202. The first-order valence-electron chi connectivity index (χ1n) is 7.90. The highest BCUT2D eigenvalue weighted by molar-refractivity contribution is 6.04. The molecule has 0 radical (unpaired) electrons. The van der Waals surface area contributed by atoms with Gasteiger partial charge in [0.05, 0.1) is 23.0 Å². The van der Waals surface area contributed by atoms with Crippen molar-refractivity contribution in [2.24, 2.45) is 11.5 Å². The molecule has 7 heteroatoms. The molecule has 1 heterocycles. The van der Waals surface area contributed by atoms with Crippen molar-refractivity contribution in [2.75, 3.05) is 6.54 Å². The lowest BCUT2D eigenvalue weighted by atomic mass is 10.1. The van der Waals surface area contributed by atoms with Crippen LogP contribution in [-0.4, -0.2) is 22.4 Å². The maximum absolute atomic E-state index is 12.3. The predicted octanol–water partition coefficient (Wildman–Crippen LogP) is 0.812. The van der Waals surface area contributed by atoms with Crippen molar-refractivity contribution in [3.05, 3.63) is 75.8 Å².